The molecule has 0 radical (unpaired) electrons. The van der Waals surface area contributed by atoms with Gasteiger partial charge in [-0.1, -0.05) is 32.1 Å². The number of ether oxygens (including phenoxy) is 3. The fraction of sp³-hybridized carbons (Fsp3) is 0.933. The van der Waals surface area contributed by atoms with Gasteiger partial charge in [0.25, 0.3) is 0 Å². The van der Waals surface area contributed by atoms with Crippen LogP contribution in [0.3, 0.4) is 0 Å². The first-order chi connectivity index (χ1) is 18.2. The number of carbonyl (C=O) groups excluding carboxylic acids is 2. The highest BCUT2D eigenvalue weighted by Crippen LogP contribution is 2.39. The molecule has 0 spiro atoms. The van der Waals surface area contributed by atoms with Crippen LogP contribution < -0.4 is 11.1 Å². The minimum absolute atomic E-state index is 0.0380. The van der Waals surface area contributed by atoms with Gasteiger partial charge < -0.3 is 30.4 Å². The van der Waals surface area contributed by atoms with Crippen LogP contribution in [-0.2, 0) is 23.8 Å². The maximum Gasteiger partial charge on any atom is 0.302 e. The van der Waals surface area contributed by atoms with E-state index in [0.29, 0.717) is 24.2 Å². The lowest BCUT2D eigenvalue weighted by Gasteiger charge is -2.41. The van der Waals surface area contributed by atoms with Crippen LogP contribution in [-0.4, -0.2) is 61.3 Å². The second-order valence-corrected chi connectivity index (χ2v) is 12.3. The summed E-state index contributed by atoms with van der Waals surface area (Å²) in [6.07, 6.45) is 14.0. The Hall–Kier alpha value is -1.22. The summed E-state index contributed by atoms with van der Waals surface area (Å²) in [5, 5.41) is 14.4. The summed E-state index contributed by atoms with van der Waals surface area (Å²) in [4.78, 5) is 24.0. The van der Waals surface area contributed by atoms with E-state index < -0.39 is 6.10 Å². The van der Waals surface area contributed by atoms with Crippen LogP contribution in [0.2, 0.25) is 0 Å². The number of methoxy groups -OCH3 is 1. The maximum atomic E-state index is 12.0. The van der Waals surface area contributed by atoms with Crippen molar-refractivity contribution in [3.05, 3.63) is 0 Å². The van der Waals surface area contributed by atoms with Gasteiger partial charge in [0.05, 0.1) is 18.4 Å². The molecule has 3 aliphatic rings. The minimum Gasteiger partial charge on any atom is -0.462 e. The number of hydrogen-bond acceptors (Lipinski definition) is 8. The Bertz CT molecular complexity index is 713. The van der Waals surface area contributed by atoms with Gasteiger partial charge in [-0.15, -0.1) is 0 Å². The molecule has 0 aromatic carbocycles. The van der Waals surface area contributed by atoms with Crippen LogP contribution in [0.4, 0.5) is 0 Å². The molecule has 3 rings (SSSR count). The van der Waals surface area contributed by atoms with E-state index in [2.05, 4.69) is 5.32 Å². The first-order valence-electron chi connectivity index (χ1n) is 15.3. The molecule has 0 bridgehead atoms. The molecule has 1 saturated heterocycles. The van der Waals surface area contributed by atoms with E-state index in [1.165, 1.54) is 33.1 Å². The lowest BCUT2D eigenvalue weighted by molar-refractivity contribution is -0.156. The topological polar surface area (TPSA) is 120 Å². The smallest absolute Gasteiger partial charge is 0.302 e. The average molecular weight is 539 g/mol. The molecule has 8 nitrogen and oxygen atoms in total. The molecule has 2 saturated carbocycles. The number of nitrogens with one attached hydrogen (secondary N) is 1. The SMILES string of the molecule is COC1CC(CC[C@H](C[C@@H](OC(C)=O)C2CCCCCCC2)OC(C)=O)CC(CC2CCNC(N)C2)C1O. The van der Waals surface area contributed by atoms with Gasteiger partial charge >= 0.3 is 11.9 Å². The van der Waals surface area contributed by atoms with Crippen molar-refractivity contribution >= 4 is 11.9 Å². The Kier molecular flexibility index (Phi) is 13.3. The minimum atomic E-state index is -0.459. The van der Waals surface area contributed by atoms with Crippen molar-refractivity contribution in [2.45, 2.75) is 141 Å². The fourth-order valence-corrected chi connectivity index (χ4v) is 7.37. The quantitative estimate of drug-likeness (QED) is 0.330. The molecule has 8 atom stereocenters. The number of hydrogen-bond donors (Lipinski definition) is 3. The van der Waals surface area contributed by atoms with Gasteiger partial charge in [0.1, 0.15) is 12.2 Å². The number of piperidine rings is 1. The van der Waals surface area contributed by atoms with Crippen molar-refractivity contribution in [3.63, 3.8) is 0 Å². The highest BCUT2D eigenvalue weighted by molar-refractivity contribution is 5.66. The highest BCUT2D eigenvalue weighted by atomic mass is 16.6. The molecule has 3 fully saturated rings. The predicted molar refractivity (Wildman–Crippen MR) is 147 cm³/mol. The summed E-state index contributed by atoms with van der Waals surface area (Å²) in [5.41, 5.74) is 6.14. The number of esters is 2. The van der Waals surface area contributed by atoms with Gasteiger partial charge in [-0.2, -0.15) is 0 Å². The van der Waals surface area contributed by atoms with Crippen molar-refractivity contribution in [1.82, 2.24) is 5.32 Å². The van der Waals surface area contributed by atoms with E-state index in [1.54, 1.807) is 7.11 Å². The largest absolute Gasteiger partial charge is 0.462 e. The third-order valence-corrected chi connectivity index (χ3v) is 9.27. The molecular formula is C30H54N2O6. The Morgan fingerprint density at radius 2 is 1.63 bits per heavy atom. The zero-order valence-corrected chi connectivity index (χ0v) is 24.1. The van der Waals surface area contributed by atoms with Gasteiger partial charge in [-0.25, -0.2) is 0 Å². The first kappa shape index (κ1) is 31.3. The second kappa shape index (κ2) is 16.1. The van der Waals surface area contributed by atoms with Crippen LogP contribution in [0, 0.1) is 23.7 Å². The summed E-state index contributed by atoms with van der Waals surface area (Å²) in [7, 11) is 1.69. The Balaban J connectivity index is 1.62. The van der Waals surface area contributed by atoms with Crippen LogP contribution in [0.1, 0.15) is 110 Å². The summed E-state index contributed by atoms with van der Waals surface area (Å²) >= 11 is 0. The Morgan fingerprint density at radius 1 is 0.947 bits per heavy atom. The Morgan fingerprint density at radius 3 is 2.26 bits per heavy atom. The zero-order chi connectivity index (χ0) is 27.5. The molecule has 1 aliphatic heterocycles. The van der Waals surface area contributed by atoms with Crippen LogP contribution >= 0.6 is 0 Å². The number of nitrogens with two attached hydrogens (primary N) is 1. The highest BCUT2D eigenvalue weighted by Gasteiger charge is 2.39. The van der Waals surface area contributed by atoms with Crippen molar-refractivity contribution in [2.75, 3.05) is 13.7 Å². The van der Waals surface area contributed by atoms with Gasteiger partial charge in [-0.05, 0) is 88.0 Å². The lowest BCUT2D eigenvalue weighted by Crippen LogP contribution is -2.47. The second-order valence-electron chi connectivity index (χ2n) is 12.3. The summed E-state index contributed by atoms with van der Waals surface area (Å²) in [6, 6.07) is 0. The van der Waals surface area contributed by atoms with Crippen LogP contribution in [0.25, 0.3) is 0 Å². The monoisotopic (exact) mass is 538 g/mol. The molecule has 220 valence electrons. The number of rotatable bonds is 11. The molecular weight excluding hydrogens is 484 g/mol. The van der Waals surface area contributed by atoms with Gasteiger partial charge in [-0.3, -0.25) is 9.59 Å². The van der Waals surface area contributed by atoms with E-state index >= 15 is 0 Å². The molecule has 2 aliphatic carbocycles. The molecule has 8 heteroatoms. The lowest BCUT2D eigenvalue weighted by atomic mass is 9.71. The van der Waals surface area contributed by atoms with Crippen molar-refractivity contribution in [2.24, 2.45) is 29.4 Å². The molecule has 1 heterocycles. The van der Waals surface area contributed by atoms with Crippen molar-refractivity contribution in [1.29, 1.82) is 0 Å². The summed E-state index contributed by atoms with van der Waals surface area (Å²) < 4.78 is 17.4. The fourth-order valence-electron chi connectivity index (χ4n) is 7.37. The number of aliphatic hydroxyl groups excluding tert-OH is 1. The van der Waals surface area contributed by atoms with Crippen molar-refractivity contribution < 1.29 is 28.9 Å². The maximum absolute atomic E-state index is 12.0. The molecule has 0 amide bonds. The van der Waals surface area contributed by atoms with Crippen molar-refractivity contribution in [3.8, 4) is 0 Å². The van der Waals surface area contributed by atoms with E-state index in [4.69, 9.17) is 19.9 Å². The summed E-state index contributed by atoms with van der Waals surface area (Å²) in [6.45, 7) is 3.87. The number of carbonyl (C=O) groups is 2. The average Bonchev–Trinajstić information content (AvgIpc) is 2.83. The van der Waals surface area contributed by atoms with E-state index in [9.17, 15) is 14.7 Å². The zero-order valence-electron chi connectivity index (χ0n) is 24.1. The van der Waals surface area contributed by atoms with E-state index in [-0.39, 0.29) is 42.3 Å². The third kappa shape index (κ3) is 10.4. The first-order valence-corrected chi connectivity index (χ1v) is 15.3. The number of aliphatic hydroxyl groups is 1. The van der Waals surface area contributed by atoms with Crippen LogP contribution in [0.5, 0.6) is 0 Å². The molecule has 0 aromatic heterocycles. The van der Waals surface area contributed by atoms with Gasteiger partial charge in [0, 0.05) is 27.4 Å². The predicted octanol–water partition coefficient (Wildman–Crippen LogP) is 4.46. The molecule has 6 unspecified atom stereocenters. The molecule has 4 N–H and O–H groups in total. The third-order valence-electron chi connectivity index (χ3n) is 9.27. The van der Waals surface area contributed by atoms with Crippen LogP contribution in [0.15, 0.2) is 0 Å². The summed E-state index contributed by atoms with van der Waals surface area (Å²) in [5.74, 6) is 0.858. The Labute approximate surface area is 230 Å². The van der Waals surface area contributed by atoms with Gasteiger partial charge in [0.15, 0.2) is 0 Å². The molecule has 38 heavy (non-hydrogen) atoms. The normalized spacial score (nSPS) is 33.0. The van der Waals surface area contributed by atoms with Gasteiger partial charge in [0.2, 0.25) is 0 Å². The van der Waals surface area contributed by atoms with E-state index in [0.717, 1.165) is 77.2 Å². The molecule has 0 aromatic rings. The van der Waals surface area contributed by atoms with E-state index in [1.807, 2.05) is 0 Å². The standard InChI is InChI=1S/C30H54N2O6/c1-20(33)37-26(19-27(38-21(2)34)24-9-7-5-4-6-8-10-24)12-11-22-15-25(30(35)28(17-22)36-3)16-23-13-14-32-29(31)18-23/h22-30,32,35H,4-19,31H2,1-3H3/t22?,23?,25?,26-,27-,28?,29?,30?/m1/s1.